The Balaban J connectivity index is 1.51. The number of hydrogen-bond acceptors (Lipinski definition) is 4. The van der Waals surface area contributed by atoms with Crippen molar-refractivity contribution in [3.8, 4) is 5.69 Å². The third kappa shape index (κ3) is 2.84. The molecule has 2 aromatic heterocycles. The maximum absolute atomic E-state index is 11.9. The van der Waals surface area contributed by atoms with E-state index in [0.29, 0.717) is 12.1 Å². The summed E-state index contributed by atoms with van der Waals surface area (Å²) in [6, 6.07) is 15.7. The van der Waals surface area contributed by atoms with Crippen molar-refractivity contribution >= 4 is 6.08 Å². The number of nitrogens with zero attached hydrogens (tertiary/aromatic N) is 3. The highest BCUT2D eigenvalue weighted by Crippen LogP contribution is 2.59. The van der Waals surface area contributed by atoms with Gasteiger partial charge < -0.3 is 10.2 Å². The molecule has 0 radical (unpaired) electrons. The van der Waals surface area contributed by atoms with Crippen molar-refractivity contribution in [2.45, 2.75) is 50.7 Å². The minimum atomic E-state index is -0.975. The Morgan fingerprint density at radius 1 is 1.13 bits per heavy atom. The van der Waals surface area contributed by atoms with E-state index in [1.54, 1.807) is 6.20 Å². The van der Waals surface area contributed by atoms with Crippen LogP contribution in [0.4, 0.5) is 0 Å². The second kappa shape index (κ2) is 7.18. The van der Waals surface area contributed by atoms with Crippen LogP contribution in [0.5, 0.6) is 0 Å². The average Bonchev–Trinajstić information content (AvgIpc) is 3.32. The lowest BCUT2D eigenvalue weighted by molar-refractivity contribution is -0.0834. The summed E-state index contributed by atoms with van der Waals surface area (Å²) >= 11 is 0. The SMILES string of the molecule is CCC12Cc3cnn(-c4ccccc4)c3C=C1CC[C@@]2(O)CC(O)c1ccccn1. The first kappa shape index (κ1) is 19.2. The van der Waals surface area contributed by atoms with Gasteiger partial charge in [0.2, 0.25) is 0 Å². The Morgan fingerprint density at radius 2 is 1.93 bits per heavy atom. The van der Waals surface area contributed by atoms with Gasteiger partial charge in [-0.1, -0.05) is 36.8 Å². The zero-order chi connectivity index (χ0) is 20.8. The molecule has 1 fully saturated rings. The van der Waals surface area contributed by atoms with Crippen molar-refractivity contribution in [1.82, 2.24) is 14.8 Å². The predicted octanol–water partition coefficient (Wildman–Crippen LogP) is 4.25. The normalized spacial score (nSPS) is 26.0. The van der Waals surface area contributed by atoms with Crippen LogP contribution in [0.2, 0.25) is 0 Å². The number of pyridine rings is 1. The van der Waals surface area contributed by atoms with Gasteiger partial charge in [-0.15, -0.1) is 0 Å². The van der Waals surface area contributed by atoms with Gasteiger partial charge in [0.15, 0.2) is 0 Å². The van der Waals surface area contributed by atoms with E-state index in [-0.39, 0.29) is 11.8 Å². The molecule has 30 heavy (non-hydrogen) atoms. The number of rotatable bonds is 5. The fourth-order valence-electron chi connectivity index (χ4n) is 5.53. The monoisotopic (exact) mass is 401 g/mol. The molecule has 1 saturated carbocycles. The quantitative estimate of drug-likeness (QED) is 0.670. The van der Waals surface area contributed by atoms with Crippen LogP contribution in [-0.4, -0.2) is 30.6 Å². The van der Waals surface area contributed by atoms with Crippen molar-refractivity contribution < 1.29 is 10.2 Å². The van der Waals surface area contributed by atoms with E-state index in [9.17, 15) is 10.2 Å². The highest BCUT2D eigenvalue weighted by Gasteiger charge is 2.57. The third-order valence-electron chi connectivity index (χ3n) is 7.17. The number of fused-ring (bicyclic) bond motifs is 2. The molecule has 2 N–H and O–H groups in total. The van der Waals surface area contributed by atoms with Crippen LogP contribution in [0, 0.1) is 5.41 Å². The van der Waals surface area contributed by atoms with E-state index < -0.39 is 11.7 Å². The first-order valence-corrected chi connectivity index (χ1v) is 10.7. The van der Waals surface area contributed by atoms with E-state index >= 15 is 0 Å². The molecule has 0 aliphatic heterocycles. The molecule has 3 aromatic rings. The molecular weight excluding hydrogens is 374 g/mol. The van der Waals surface area contributed by atoms with Crippen LogP contribution in [-0.2, 0) is 6.42 Å². The lowest BCUT2D eigenvalue weighted by Gasteiger charge is -2.45. The van der Waals surface area contributed by atoms with Crippen molar-refractivity contribution in [1.29, 1.82) is 0 Å². The van der Waals surface area contributed by atoms with Crippen LogP contribution in [0.3, 0.4) is 0 Å². The minimum absolute atomic E-state index is 0.289. The second-order valence-electron chi connectivity index (χ2n) is 8.59. The zero-order valence-corrected chi connectivity index (χ0v) is 17.2. The number of aliphatic hydroxyl groups is 2. The van der Waals surface area contributed by atoms with Gasteiger partial charge >= 0.3 is 0 Å². The summed E-state index contributed by atoms with van der Waals surface area (Å²) in [5.41, 5.74) is 3.83. The van der Waals surface area contributed by atoms with E-state index in [0.717, 1.165) is 36.2 Å². The summed E-state index contributed by atoms with van der Waals surface area (Å²) in [7, 11) is 0. The van der Waals surface area contributed by atoms with Gasteiger partial charge in [0.1, 0.15) is 0 Å². The van der Waals surface area contributed by atoms with Gasteiger partial charge in [-0.2, -0.15) is 5.10 Å². The van der Waals surface area contributed by atoms with Gasteiger partial charge in [0.05, 0.1) is 35.0 Å². The number of hydrogen-bond donors (Lipinski definition) is 2. The van der Waals surface area contributed by atoms with Gasteiger partial charge in [-0.05, 0) is 61.6 Å². The molecular formula is C25H27N3O2. The topological polar surface area (TPSA) is 71.2 Å². The number of aromatic nitrogens is 3. The fourth-order valence-corrected chi connectivity index (χ4v) is 5.53. The number of aliphatic hydroxyl groups excluding tert-OH is 1. The minimum Gasteiger partial charge on any atom is -0.389 e. The third-order valence-corrected chi connectivity index (χ3v) is 7.17. The molecule has 5 heteroatoms. The molecule has 5 nitrogen and oxygen atoms in total. The van der Waals surface area contributed by atoms with Crippen LogP contribution in [0.25, 0.3) is 11.8 Å². The standard InChI is InChI=1S/C25H27N3O2/c1-2-24-15-18-17-27-28(20-8-4-3-5-9-20)22(18)14-19(24)11-12-25(24,30)16-23(29)21-10-6-7-13-26-21/h3-10,13-14,17,23,29-30H,2,11-12,15-16H2,1H3/t23?,24?,25-/m1/s1. The summed E-state index contributed by atoms with van der Waals surface area (Å²) < 4.78 is 1.99. The summed E-state index contributed by atoms with van der Waals surface area (Å²) in [6.07, 6.45) is 8.39. The lowest BCUT2D eigenvalue weighted by Crippen LogP contribution is -2.48. The molecule has 0 spiro atoms. The highest BCUT2D eigenvalue weighted by atomic mass is 16.3. The molecule has 3 atom stereocenters. The molecule has 2 unspecified atom stereocenters. The first-order chi connectivity index (χ1) is 14.6. The maximum atomic E-state index is 11.9. The fraction of sp³-hybridized carbons (Fsp3) is 0.360. The van der Waals surface area contributed by atoms with Crippen LogP contribution in [0.1, 0.15) is 55.7 Å². The van der Waals surface area contributed by atoms with E-state index in [1.165, 1.54) is 5.57 Å². The van der Waals surface area contributed by atoms with Crippen molar-refractivity contribution in [3.05, 3.63) is 83.4 Å². The molecule has 0 amide bonds. The highest BCUT2D eigenvalue weighted by molar-refractivity contribution is 5.63. The second-order valence-corrected chi connectivity index (χ2v) is 8.59. The molecule has 5 rings (SSSR count). The van der Waals surface area contributed by atoms with Gasteiger partial charge in [0.25, 0.3) is 0 Å². The summed E-state index contributed by atoms with van der Waals surface area (Å²) in [5.74, 6) is 0. The molecule has 1 aromatic carbocycles. The van der Waals surface area contributed by atoms with Crippen molar-refractivity contribution in [2.75, 3.05) is 0 Å². The molecule has 154 valence electrons. The zero-order valence-electron chi connectivity index (χ0n) is 17.2. The Bertz CT molecular complexity index is 1080. The Hall–Kier alpha value is -2.76. The smallest absolute Gasteiger partial charge is 0.0987 e. The largest absolute Gasteiger partial charge is 0.389 e. The molecule has 2 aliphatic rings. The number of para-hydroxylation sites is 1. The average molecular weight is 402 g/mol. The Kier molecular flexibility index (Phi) is 4.60. The Morgan fingerprint density at radius 3 is 2.67 bits per heavy atom. The number of benzene rings is 1. The predicted molar refractivity (Wildman–Crippen MR) is 116 cm³/mol. The summed E-state index contributed by atoms with van der Waals surface area (Å²) in [4.78, 5) is 4.29. The molecule has 2 aliphatic carbocycles. The summed E-state index contributed by atoms with van der Waals surface area (Å²) in [6.45, 7) is 2.14. The summed E-state index contributed by atoms with van der Waals surface area (Å²) in [5, 5.41) is 27.3. The van der Waals surface area contributed by atoms with Crippen molar-refractivity contribution in [2.24, 2.45) is 5.41 Å². The first-order valence-electron chi connectivity index (χ1n) is 10.7. The lowest BCUT2D eigenvalue weighted by atomic mass is 9.62. The van der Waals surface area contributed by atoms with Crippen molar-refractivity contribution in [3.63, 3.8) is 0 Å². The van der Waals surface area contributed by atoms with Crippen LogP contribution >= 0.6 is 0 Å². The Labute approximate surface area is 176 Å². The molecule has 0 saturated heterocycles. The van der Waals surface area contributed by atoms with E-state index in [2.05, 4.69) is 35.2 Å². The molecule has 0 bridgehead atoms. The van der Waals surface area contributed by atoms with Gasteiger partial charge in [0, 0.05) is 18.0 Å². The van der Waals surface area contributed by atoms with Gasteiger partial charge in [-0.3, -0.25) is 4.98 Å². The maximum Gasteiger partial charge on any atom is 0.0987 e. The van der Waals surface area contributed by atoms with E-state index in [1.807, 2.05) is 47.3 Å². The van der Waals surface area contributed by atoms with Crippen LogP contribution < -0.4 is 0 Å². The van der Waals surface area contributed by atoms with Gasteiger partial charge in [-0.25, -0.2) is 4.68 Å². The molecule has 2 heterocycles. The van der Waals surface area contributed by atoms with E-state index in [4.69, 9.17) is 0 Å². The van der Waals surface area contributed by atoms with Crippen LogP contribution in [0.15, 0.2) is 66.5 Å².